The highest BCUT2D eigenvalue weighted by atomic mass is 79.9. The maximum atomic E-state index is 10.3. The van der Waals surface area contributed by atoms with Gasteiger partial charge in [0.15, 0.2) is 5.82 Å². The van der Waals surface area contributed by atoms with Crippen molar-refractivity contribution in [2.24, 2.45) is 0 Å². The van der Waals surface area contributed by atoms with Gasteiger partial charge >= 0.3 is 0 Å². The van der Waals surface area contributed by atoms with E-state index in [1.54, 1.807) is 0 Å². The third-order valence-electron chi connectivity index (χ3n) is 2.80. The molecule has 2 rings (SSSR count). The molecule has 2 aromatic rings. The summed E-state index contributed by atoms with van der Waals surface area (Å²) in [5.74, 6) is 0.577. The number of tetrazole rings is 1. The summed E-state index contributed by atoms with van der Waals surface area (Å²) in [7, 11) is 0. The first-order chi connectivity index (χ1) is 8.72. The van der Waals surface area contributed by atoms with Crippen molar-refractivity contribution in [1.82, 2.24) is 20.6 Å². The second-order valence-electron chi connectivity index (χ2n) is 4.14. The summed E-state index contributed by atoms with van der Waals surface area (Å²) in [4.78, 5) is 0. The fourth-order valence-corrected chi connectivity index (χ4v) is 2.23. The summed E-state index contributed by atoms with van der Waals surface area (Å²) >= 11 is 3.42. The van der Waals surface area contributed by atoms with E-state index in [9.17, 15) is 5.11 Å². The van der Waals surface area contributed by atoms with Gasteiger partial charge in [0.1, 0.15) is 0 Å². The third-order valence-corrected chi connectivity index (χ3v) is 3.30. The molecule has 1 atom stereocenters. The molecule has 96 valence electrons. The van der Waals surface area contributed by atoms with Crippen LogP contribution in [0.1, 0.15) is 37.9 Å². The molecule has 0 aliphatic carbocycles. The van der Waals surface area contributed by atoms with Crippen molar-refractivity contribution >= 4 is 15.9 Å². The fraction of sp³-hybridized carbons (Fsp3) is 0.417. The Labute approximate surface area is 114 Å². The topological polar surface area (TPSA) is 74.7 Å². The Bertz CT molecular complexity index is 501. The molecule has 0 aliphatic heterocycles. The molecule has 2 N–H and O–H groups in total. The van der Waals surface area contributed by atoms with E-state index in [1.807, 2.05) is 18.2 Å². The minimum Gasteiger partial charge on any atom is -0.388 e. The van der Waals surface area contributed by atoms with E-state index in [-0.39, 0.29) is 0 Å². The molecule has 0 amide bonds. The predicted octanol–water partition coefficient (Wildman–Crippen LogP) is 2.85. The number of aliphatic hydroxyl groups excluding tert-OH is 1. The minimum atomic E-state index is -0.498. The molecule has 1 unspecified atom stereocenters. The van der Waals surface area contributed by atoms with E-state index in [1.165, 1.54) is 0 Å². The summed E-state index contributed by atoms with van der Waals surface area (Å²) in [5, 5.41) is 24.0. The number of rotatable bonds is 5. The van der Waals surface area contributed by atoms with Crippen molar-refractivity contribution in [3.8, 4) is 11.4 Å². The summed E-state index contributed by atoms with van der Waals surface area (Å²) in [6.45, 7) is 2.11. The number of hydrogen-bond acceptors (Lipinski definition) is 4. The van der Waals surface area contributed by atoms with Crippen molar-refractivity contribution in [2.75, 3.05) is 0 Å². The molecule has 0 aliphatic rings. The van der Waals surface area contributed by atoms with Crippen LogP contribution in [0.15, 0.2) is 22.7 Å². The highest BCUT2D eigenvalue weighted by Crippen LogP contribution is 2.30. The van der Waals surface area contributed by atoms with Gasteiger partial charge in [-0.1, -0.05) is 35.7 Å². The van der Waals surface area contributed by atoms with Gasteiger partial charge in [-0.25, -0.2) is 5.10 Å². The van der Waals surface area contributed by atoms with Gasteiger partial charge in [0, 0.05) is 10.0 Å². The molecular weight excluding hydrogens is 296 g/mol. The first kappa shape index (κ1) is 13.2. The van der Waals surface area contributed by atoms with Crippen LogP contribution < -0.4 is 0 Å². The van der Waals surface area contributed by atoms with Gasteiger partial charge in [0.2, 0.25) is 0 Å². The van der Waals surface area contributed by atoms with Crippen LogP contribution >= 0.6 is 15.9 Å². The summed E-state index contributed by atoms with van der Waals surface area (Å²) in [6.07, 6.45) is 2.29. The van der Waals surface area contributed by atoms with E-state index >= 15 is 0 Å². The predicted molar refractivity (Wildman–Crippen MR) is 71.8 cm³/mol. The van der Waals surface area contributed by atoms with E-state index in [0.717, 1.165) is 34.9 Å². The molecule has 0 fully saturated rings. The van der Waals surface area contributed by atoms with Crippen LogP contribution in [0.2, 0.25) is 0 Å². The van der Waals surface area contributed by atoms with E-state index in [0.29, 0.717) is 5.82 Å². The Morgan fingerprint density at radius 3 is 2.94 bits per heavy atom. The zero-order valence-electron chi connectivity index (χ0n) is 10.1. The van der Waals surface area contributed by atoms with Crippen molar-refractivity contribution in [1.29, 1.82) is 0 Å². The number of H-pyrrole nitrogens is 1. The molecular formula is C12H15BrN4O. The van der Waals surface area contributed by atoms with Gasteiger partial charge in [-0.15, -0.1) is 5.10 Å². The second kappa shape index (κ2) is 6.06. The highest BCUT2D eigenvalue weighted by Gasteiger charge is 2.15. The van der Waals surface area contributed by atoms with Crippen LogP contribution in [0.5, 0.6) is 0 Å². The zero-order chi connectivity index (χ0) is 13.0. The molecule has 5 nitrogen and oxygen atoms in total. The van der Waals surface area contributed by atoms with Gasteiger partial charge in [-0.3, -0.25) is 0 Å². The number of aromatic amines is 1. The van der Waals surface area contributed by atoms with Crippen LogP contribution in [-0.4, -0.2) is 25.7 Å². The SMILES string of the molecule is CCCCC(O)c1cc(Br)ccc1-c1nnn[nH]1. The van der Waals surface area contributed by atoms with Gasteiger partial charge in [-0.2, -0.15) is 0 Å². The smallest absolute Gasteiger partial charge is 0.179 e. The lowest BCUT2D eigenvalue weighted by Gasteiger charge is -2.14. The Morgan fingerprint density at radius 1 is 1.44 bits per heavy atom. The van der Waals surface area contributed by atoms with Gasteiger partial charge in [0.05, 0.1) is 6.10 Å². The quantitative estimate of drug-likeness (QED) is 0.890. The number of aromatic nitrogens is 4. The maximum absolute atomic E-state index is 10.3. The number of nitrogens with zero attached hydrogens (tertiary/aromatic N) is 3. The van der Waals surface area contributed by atoms with Crippen molar-refractivity contribution in [3.05, 3.63) is 28.2 Å². The van der Waals surface area contributed by atoms with Gasteiger partial charge < -0.3 is 5.11 Å². The van der Waals surface area contributed by atoms with Crippen LogP contribution in [0, 0.1) is 0 Å². The largest absolute Gasteiger partial charge is 0.388 e. The number of hydrogen-bond donors (Lipinski definition) is 2. The molecule has 1 aromatic carbocycles. The molecule has 0 saturated carbocycles. The normalized spacial score (nSPS) is 12.6. The number of halogens is 1. The third kappa shape index (κ3) is 2.94. The van der Waals surface area contributed by atoms with E-state index in [4.69, 9.17) is 0 Å². The van der Waals surface area contributed by atoms with Crippen LogP contribution in [0.4, 0.5) is 0 Å². The number of benzene rings is 1. The average Bonchev–Trinajstić information content (AvgIpc) is 2.89. The lowest BCUT2D eigenvalue weighted by molar-refractivity contribution is 0.164. The Balaban J connectivity index is 2.35. The van der Waals surface area contributed by atoms with Crippen LogP contribution in [0.3, 0.4) is 0 Å². The lowest BCUT2D eigenvalue weighted by atomic mass is 9.98. The molecule has 1 aromatic heterocycles. The van der Waals surface area contributed by atoms with Gasteiger partial charge in [0.25, 0.3) is 0 Å². The fourth-order valence-electron chi connectivity index (χ4n) is 1.85. The Hall–Kier alpha value is -1.27. The van der Waals surface area contributed by atoms with E-state index < -0.39 is 6.10 Å². The van der Waals surface area contributed by atoms with Gasteiger partial charge in [-0.05, 0) is 40.6 Å². The summed E-state index contributed by atoms with van der Waals surface area (Å²) < 4.78 is 0.935. The zero-order valence-corrected chi connectivity index (χ0v) is 11.7. The summed E-state index contributed by atoms with van der Waals surface area (Å²) in [5.41, 5.74) is 1.68. The molecule has 1 heterocycles. The molecule has 0 spiro atoms. The molecule has 18 heavy (non-hydrogen) atoms. The minimum absolute atomic E-state index is 0.498. The van der Waals surface area contributed by atoms with Crippen molar-refractivity contribution in [2.45, 2.75) is 32.3 Å². The number of aliphatic hydroxyl groups is 1. The molecule has 0 bridgehead atoms. The highest BCUT2D eigenvalue weighted by molar-refractivity contribution is 9.10. The maximum Gasteiger partial charge on any atom is 0.179 e. The van der Waals surface area contributed by atoms with Crippen molar-refractivity contribution in [3.63, 3.8) is 0 Å². The first-order valence-electron chi connectivity index (χ1n) is 5.94. The number of unbranched alkanes of at least 4 members (excludes halogenated alkanes) is 1. The summed E-state index contributed by atoms with van der Waals surface area (Å²) in [6, 6.07) is 5.73. The molecule has 0 saturated heterocycles. The van der Waals surface area contributed by atoms with E-state index in [2.05, 4.69) is 43.5 Å². The molecule has 6 heteroatoms. The Morgan fingerprint density at radius 2 is 2.28 bits per heavy atom. The van der Waals surface area contributed by atoms with Crippen LogP contribution in [0.25, 0.3) is 11.4 Å². The monoisotopic (exact) mass is 310 g/mol. The first-order valence-corrected chi connectivity index (χ1v) is 6.73. The lowest BCUT2D eigenvalue weighted by Crippen LogP contribution is -2.01. The Kier molecular flexibility index (Phi) is 4.43. The van der Waals surface area contributed by atoms with Crippen molar-refractivity contribution < 1.29 is 5.11 Å². The second-order valence-corrected chi connectivity index (χ2v) is 5.06. The number of nitrogens with one attached hydrogen (secondary N) is 1. The van der Waals surface area contributed by atoms with Crippen LogP contribution in [-0.2, 0) is 0 Å². The molecule has 0 radical (unpaired) electrons. The average molecular weight is 311 g/mol. The standard InChI is InChI=1S/C12H15BrN4O/c1-2-3-4-11(18)10-7-8(13)5-6-9(10)12-14-16-17-15-12/h5-7,11,18H,2-4H2,1H3,(H,14,15,16,17).